The van der Waals surface area contributed by atoms with Gasteiger partial charge in [-0.15, -0.1) is 0 Å². The van der Waals surface area contributed by atoms with Crippen LogP contribution in [0.4, 0.5) is 0 Å². The number of aromatic nitrogens is 1. The Bertz CT molecular complexity index is 630. The SMILES string of the molecule is CC1(COc2ccc(Cl)cn2)CNCC1c1ccc(Cl)cc1. The van der Waals surface area contributed by atoms with E-state index in [1.165, 1.54) is 5.56 Å². The number of rotatable bonds is 4. The highest BCUT2D eigenvalue weighted by Gasteiger charge is 2.40. The maximum absolute atomic E-state index is 5.98. The largest absolute Gasteiger partial charge is 0.477 e. The summed E-state index contributed by atoms with van der Waals surface area (Å²) in [5.41, 5.74) is 1.29. The molecule has 1 fully saturated rings. The lowest BCUT2D eigenvalue weighted by Crippen LogP contribution is -2.32. The lowest BCUT2D eigenvalue weighted by Gasteiger charge is -2.30. The number of hydrogen-bond donors (Lipinski definition) is 1. The summed E-state index contributed by atoms with van der Waals surface area (Å²) in [7, 11) is 0. The van der Waals surface area contributed by atoms with E-state index in [0.29, 0.717) is 23.4 Å². The standard InChI is InChI=1S/C17H18Cl2N2O/c1-17(11-22-16-7-6-14(19)8-21-16)10-20-9-15(17)12-2-4-13(18)5-3-12/h2-8,15,20H,9-11H2,1H3. The second kappa shape index (κ2) is 6.45. The summed E-state index contributed by atoms with van der Waals surface area (Å²) >= 11 is 11.8. The predicted octanol–water partition coefficient (Wildman–Crippen LogP) is 4.16. The third-order valence-electron chi connectivity index (χ3n) is 4.24. The van der Waals surface area contributed by atoms with Gasteiger partial charge >= 0.3 is 0 Å². The third-order valence-corrected chi connectivity index (χ3v) is 4.72. The quantitative estimate of drug-likeness (QED) is 0.910. The van der Waals surface area contributed by atoms with Crippen molar-refractivity contribution >= 4 is 23.2 Å². The smallest absolute Gasteiger partial charge is 0.213 e. The van der Waals surface area contributed by atoms with Crippen molar-refractivity contribution in [3.63, 3.8) is 0 Å². The minimum atomic E-state index is 0.00907. The van der Waals surface area contributed by atoms with Gasteiger partial charge in [-0.1, -0.05) is 42.3 Å². The Labute approximate surface area is 140 Å². The van der Waals surface area contributed by atoms with Crippen molar-refractivity contribution in [2.24, 2.45) is 5.41 Å². The molecule has 0 bridgehead atoms. The highest BCUT2D eigenvalue weighted by Crippen LogP contribution is 2.39. The first-order valence-electron chi connectivity index (χ1n) is 7.27. The highest BCUT2D eigenvalue weighted by atomic mass is 35.5. The summed E-state index contributed by atoms with van der Waals surface area (Å²) in [6.45, 7) is 4.69. The molecular formula is C17H18Cl2N2O. The molecule has 2 unspecified atom stereocenters. The van der Waals surface area contributed by atoms with Gasteiger partial charge in [-0.3, -0.25) is 0 Å². The predicted molar refractivity (Wildman–Crippen MR) is 89.9 cm³/mol. The summed E-state index contributed by atoms with van der Waals surface area (Å²) < 4.78 is 5.89. The first-order chi connectivity index (χ1) is 10.6. The minimum Gasteiger partial charge on any atom is -0.477 e. The Kier molecular flexibility index (Phi) is 4.57. The first-order valence-corrected chi connectivity index (χ1v) is 8.03. The van der Waals surface area contributed by atoms with Gasteiger partial charge in [-0.2, -0.15) is 0 Å². The Morgan fingerprint density at radius 3 is 2.59 bits per heavy atom. The van der Waals surface area contributed by atoms with Gasteiger partial charge in [0.25, 0.3) is 0 Å². The van der Waals surface area contributed by atoms with Crippen LogP contribution >= 0.6 is 23.2 Å². The molecule has 0 radical (unpaired) electrons. The fourth-order valence-corrected chi connectivity index (χ4v) is 3.16. The monoisotopic (exact) mass is 336 g/mol. The molecule has 5 heteroatoms. The second-order valence-electron chi connectivity index (χ2n) is 5.99. The molecule has 0 saturated carbocycles. The molecule has 3 nitrogen and oxygen atoms in total. The lowest BCUT2D eigenvalue weighted by molar-refractivity contribution is 0.158. The van der Waals surface area contributed by atoms with Gasteiger partial charge in [-0.05, 0) is 23.8 Å². The molecule has 116 valence electrons. The molecule has 22 heavy (non-hydrogen) atoms. The van der Waals surface area contributed by atoms with Crippen LogP contribution in [0.2, 0.25) is 10.0 Å². The van der Waals surface area contributed by atoms with Crippen molar-refractivity contribution < 1.29 is 4.74 Å². The molecule has 3 rings (SSSR count). The Morgan fingerprint density at radius 1 is 1.18 bits per heavy atom. The maximum Gasteiger partial charge on any atom is 0.213 e. The van der Waals surface area contributed by atoms with E-state index >= 15 is 0 Å². The lowest BCUT2D eigenvalue weighted by atomic mass is 9.77. The number of pyridine rings is 1. The van der Waals surface area contributed by atoms with Crippen molar-refractivity contribution in [1.29, 1.82) is 0 Å². The van der Waals surface area contributed by atoms with Crippen LogP contribution in [-0.2, 0) is 0 Å². The van der Waals surface area contributed by atoms with E-state index < -0.39 is 0 Å². The van der Waals surface area contributed by atoms with Crippen LogP contribution in [0, 0.1) is 5.41 Å². The van der Waals surface area contributed by atoms with Crippen LogP contribution in [0.15, 0.2) is 42.6 Å². The van der Waals surface area contributed by atoms with E-state index in [1.54, 1.807) is 18.3 Å². The van der Waals surface area contributed by atoms with Crippen molar-refractivity contribution in [3.8, 4) is 5.88 Å². The second-order valence-corrected chi connectivity index (χ2v) is 6.87. The van der Waals surface area contributed by atoms with Gasteiger partial charge in [-0.25, -0.2) is 4.98 Å². The molecule has 1 aliphatic heterocycles. The van der Waals surface area contributed by atoms with E-state index in [0.717, 1.165) is 18.1 Å². The normalized spacial score (nSPS) is 24.4. The molecule has 2 heterocycles. The Hall–Kier alpha value is -1.29. The van der Waals surface area contributed by atoms with Gasteiger partial charge in [0.1, 0.15) is 0 Å². The van der Waals surface area contributed by atoms with E-state index in [-0.39, 0.29) is 5.41 Å². The molecule has 0 amide bonds. The van der Waals surface area contributed by atoms with E-state index in [9.17, 15) is 0 Å². The van der Waals surface area contributed by atoms with Gasteiger partial charge < -0.3 is 10.1 Å². The number of nitrogens with one attached hydrogen (secondary N) is 1. The maximum atomic E-state index is 5.98. The van der Waals surface area contributed by atoms with Gasteiger partial charge in [0.2, 0.25) is 5.88 Å². The summed E-state index contributed by atoms with van der Waals surface area (Å²) in [6.07, 6.45) is 1.60. The highest BCUT2D eigenvalue weighted by molar-refractivity contribution is 6.30. The van der Waals surface area contributed by atoms with Crippen molar-refractivity contribution in [2.75, 3.05) is 19.7 Å². The first kappa shape index (κ1) is 15.6. The van der Waals surface area contributed by atoms with Crippen molar-refractivity contribution in [3.05, 3.63) is 58.2 Å². The summed E-state index contributed by atoms with van der Waals surface area (Å²) in [4.78, 5) is 4.19. The molecule has 1 aliphatic rings. The molecule has 1 aromatic carbocycles. The summed E-state index contributed by atoms with van der Waals surface area (Å²) in [5.74, 6) is 0.990. The number of nitrogens with zero attached hydrogens (tertiary/aromatic N) is 1. The molecule has 1 N–H and O–H groups in total. The average Bonchev–Trinajstić information content (AvgIpc) is 2.90. The van der Waals surface area contributed by atoms with E-state index in [1.807, 2.05) is 12.1 Å². The summed E-state index contributed by atoms with van der Waals surface area (Å²) in [5, 5.41) is 4.84. The minimum absolute atomic E-state index is 0.00907. The van der Waals surface area contributed by atoms with Crippen LogP contribution in [0.3, 0.4) is 0 Å². The van der Waals surface area contributed by atoms with Crippen LogP contribution in [0.25, 0.3) is 0 Å². The molecule has 2 aromatic rings. The van der Waals surface area contributed by atoms with E-state index in [2.05, 4.69) is 29.4 Å². The molecular weight excluding hydrogens is 319 g/mol. The topological polar surface area (TPSA) is 34.1 Å². The summed E-state index contributed by atoms with van der Waals surface area (Å²) in [6, 6.07) is 11.7. The zero-order chi connectivity index (χ0) is 15.6. The van der Waals surface area contributed by atoms with Crippen LogP contribution < -0.4 is 10.1 Å². The zero-order valence-corrected chi connectivity index (χ0v) is 13.9. The number of hydrogen-bond acceptors (Lipinski definition) is 3. The number of benzene rings is 1. The molecule has 1 saturated heterocycles. The fourth-order valence-electron chi connectivity index (χ4n) is 2.93. The van der Waals surface area contributed by atoms with Crippen molar-refractivity contribution in [1.82, 2.24) is 10.3 Å². The Balaban J connectivity index is 1.72. The zero-order valence-electron chi connectivity index (χ0n) is 12.4. The van der Waals surface area contributed by atoms with Crippen LogP contribution in [-0.4, -0.2) is 24.7 Å². The molecule has 0 aliphatic carbocycles. The Morgan fingerprint density at radius 2 is 1.91 bits per heavy atom. The number of ether oxygens (including phenoxy) is 1. The van der Waals surface area contributed by atoms with E-state index in [4.69, 9.17) is 27.9 Å². The third kappa shape index (κ3) is 3.37. The van der Waals surface area contributed by atoms with Gasteiger partial charge in [0, 0.05) is 41.7 Å². The van der Waals surface area contributed by atoms with Crippen LogP contribution in [0.5, 0.6) is 5.88 Å². The average molecular weight is 337 g/mol. The van der Waals surface area contributed by atoms with Gasteiger partial charge in [0.05, 0.1) is 11.6 Å². The fraction of sp³-hybridized carbons (Fsp3) is 0.353. The molecule has 2 atom stereocenters. The molecule has 1 aromatic heterocycles. The molecule has 0 spiro atoms. The number of halogens is 2. The van der Waals surface area contributed by atoms with Crippen LogP contribution in [0.1, 0.15) is 18.4 Å². The van der Waals surface area contributed by atoms with Gasteiger partial charge in [0.15, 0.2) is 0 Å². The van der Waals surface area contributed by atoms with Crippen molar-refractivity contribution in [2.45, 2.75) is 12.8 Å².